The Morgan fingerprint density at radius 2 is 2.10 bits per heavy atom. The Hall–Kier alpha value is -1.20. The van der Waals surface area contributed by atoms with Crippen molar-refractivity contribution in [3.8, 4) is 0 Å². The second-order valence-corrected chi connectivity index (χ2v) is 7.70. The van der Waals surface area contributed by atoms with E-state index in [9.17, 15) is 0 Å². The predicted octanol–water partition coefficient (Wildman–Crippen LogP) is 3.38. The van der Waals surface area contributed by atoms with Gasteiger partial charge in [-0.05, 0) is 32.4 Å². The molecule has 4 nitrogen and oxygen atoms in total. The molecule has 1 N–H and O–H groups in total. The van der Waals surface area contributed by atoms with Crippen molar-refractivity contribution in [2.45, 2.75) is 52.5 Å². The molecule has 0 saturated carbocycles. The first-order chi connectivity index (χ1) is 9.77. The van der Waals surface area contributed by atoms with Crippen LogP contribution < -0.4 is 5.32 Å². The number of aryl methyl sites for hydroxylation is 2. The molecule has 2 heterocycles. The molecule has 2 aromatic rings. The summed E-state index contributed by atoms with van der Waals surface area (Å²) in [6, 6.07) is 0.343. The van der Waals surface area contributed by atoms with Crippen LogP contribution in [0.1, 0.15) is 54.9 Å². The molecule has 116 valence electrons. The van der Waals surface area contributed by atoms with Gasteiger partial charge in [-0.3, -0.25) is 4.68 Å². The van der Waals surface area contributed by atoms with Crippen LogP contribution in [-0.2, 0) is 18.9 Å². The van der Waals surface area contributed by atoms with Crippen molar-refractivity contribution in [1.82, 2.24) is 20.1 Å². The number of nitrogens with zero attached hydrogens (tertiary/aromatic N) is 3. The maximum absolute atomic E-state index is 4.74. The second-order valence-electron chi connectivity index (χ2n) is 6.67. The molecule has 2 rings (SSSR count). The van der Waals surface area contributed by atoms with Crippen LogP contribution >= 0.6 is 11.3 Å². The van der Waals surface area contributed by atoms with E-state index < -0.39 is 0 Å². The highest BCUT2D eigenvalue weighted by atomic mass is 32.1. The summed E-state index contributed by atoms with van der Waals surface area (Å²) in [5, 5.41) is 9.01. The Bertz CT molecular complexity index is 592. The van der Waals surface area contributed by atoms with Crippen molar-refractivity contribution in [2.75, 3.05) is 6.54 Å². The van der Waals surface area contributed by atoms with E-state index in [0.717, 1.165) is 18.7 Å². The van der Waals surface area contributed by atoms with Crippen LogP contribution in [0.5, 0.6) is 0 Å². The van der Waals surface area contributed by atoms with Gasteiger partial charge in [-0.2, -0.15) is 5.10 Å². The third-order valence-electron chi connectivity index (χ3n) is 3.49. The maximum atomic E-state index is 4.74. The lowest BCUT2D eigenvalue weighted by molar-refractivity contribution is 0.578. The van der Waals surface area contributed by atoms with E-state index in [1.165, 1.54) is 15.4 Å². The van der Waals surface area contributed by atoms with E-state index in [4.69, 9.17) is 4.98 Å². The molecule has 0 aliphatic heterocycles. The van der Waals surface area contributed by atoms with Crippen molar-refractivity contribution >= 4 is 11.3 Å². The first-order valence-electron chi connectivity index (χ1n) is 7.46. The highest BCUT2D eigenvalue weighted by Crippen LogP contribution is 2.32. The first-order valence-corrected chi connectivity index (χ1v) is 8.27. The summed E-state index contributed by atoms with van der Waals surface area (Å²) in [7, 11) is 1.95. The predicted molar refractivity (Wildman–Crippen MR) is 88.9 cm³/mol. The number of nitrogens with one attached hydrogen (secondary N) is 1. The van der Waals surface area contributed by atoms with E-state index >= 15 is 0 Å². The standard InChI is InChI=1S/C16H26N4S/c1-11(17-8-7-13-9-18-20(6)10-13)14-12(2)19-15(21-14)16(3,4)5/h9-11,17H,7-8H2,1-6H3. The molecule has 0 bridgehead atoms. The quantitative estimate of drug-likeness (QED) is 0.921. The van der Waals surface area contributed by atoms with Crippen LogP contribution in [0.15, 0.2) is 12.4 Å². The molecule has 0 amide bonds. The van der Waals surface area contributed by atoms with Gasteiger partial charge in [0.25, 0.3) is 0 Å². The number of hydrogen-bond donors (Lipinski definition) is 1. The molecular weight excluding hydrogens is 280 g/mol. The SMILES string of the molecule is Cc1nc(C(C)(C)C)sc1C(C)NCCc1cnn(C)c1. The Morgan fingerprint density at radius 3 is 2.62 bits per heavy atom. The molecule has 0 radical (unpaired) electrons. The average Bonchev–Trinajstić information content (AvgIpc) is 2.95. The minimum absolute atomic E-state index is 0.128. The molecule has 0 aliphatic carbocycles. The smallest absolute Gasteiger partial charge is 0.0985 e. The van der Waals surface area contributed by atoms with Crippen LogP contribution in [0.3, 0.4) is 0 Å². The maximum Gasteiger partial charge on any atom is 0.0985 e. The minimum atomic E-state index is 0.128. The monoisotopic (exact) mass is 306 g/mol. The van der Waals surface area contributed by atoms with Crippen molar-refractivity contribution in [2.24, 2.45) is 7.05 Å². The highest BCUT2D eigenvalue weighted by Gasteiger charge is 2.22. The lowest BCUT2D eigenvalue weighted by Crippen LogP contribution is -2.21. The van der Waals surface area contributed by atoms with Crippen molar-refractivity contribution < 1.29 is 0 Å². The van der Waals surface area contributed by atoms with Gasteiger partial charge in [0.15, 0.2) is 0 Å². The van der Waals surface area contributed by atoms with Gasteiger partial charge < -0.3 is 5.32 Å². The zero-order valence-corrected chi connectivity index (χ0v) is 14.7. The molecule has 0 aromatic carbocycles. The van der Waals surface area contributed by atoms with Gasteiger partial charge in [-0.15, -0.1) is 11.3 Å². The number of aromatic nitrogens is 3. The van der Waals surface area contributed by atoms with E-state index in [2.05, 4.69) is 51.2 Å². The van der Waals surface area contributed by atoms with Gasteiger partial charge in [-0.1, -0.05) is 20.8 Å². The van der Waals surface area contributed by atoms with E-state index in [-0.39, 0.29) is 5.41 Å². The lowest BCUT2D eigenvalue weighted by atomic mass is 9.98. The van der Waals surface area contributed by atoms with E-state index in [1.54, 1.807) is 0 Å². The van der Waals surface area contributed by atoms with Crippen LogP contribution in [0.4, 0.5) is 0 Å². The third kappa shape index (κ3) is 4.14. The van der Waals surface area contributed by atoms with Crippen LogP contribution in [0.2, 0.25) is 0 Å². The average molecular weight is 306 g/mol. The Kier molecular flexibility index (Phi) is 4.84. The van der Waals surface area contributed by atoms with E-state index in [1.807, 2.05) is 29.3 Å². The minimum Gasteiger partial charge on any atom is -0.309 e. The Morgan fingerprint density at radius 1 is 1.38 bits per heavy atom. The van der Waals surface area contributed by atoms with Crippen LogP contribution in [-0.4, -0.2) is 21.3 Å². The van der Waals surface area contributed by atoms with E-state index in [0.29, 0.717) is 6.04 Å². The summed E-state index contributed by atoms with van der Waals surface area (Å²) < 4.78 is 1.85. The molecule has 5 heteroatoms. The molecule has 2 aromatic heterocycles. The van der Waals surface area contributed by atoms with Crippen molar-refractivity contribution in [1.29, 1.82) is 0 Å². The fourth-order valence-electron chi connectivity index (χ4n) is 2.26. The summed E-state index contributed by atoms with van der Waals surface area (Å²) in [5.41, 5.74) is 2.56. The molecule has 21 heavy (non-hydrogen) atoms. The summed E-state index contributed by atoms with van der Waals surface area (Å²) in [4.78, 5) is 6.09. The number of thiazole rings is 1. The van der Waals surface area contributed by atoms with Gasteiger partial charge in [0.1, 0.15) is 0 Å². The fraction of sp³-hybridized carbons (Fsp3) is 0.625. The third-order valence-corrected chi connectivity index (χ3v) is 5.26. The van der Waals surface area contributed by atoms with Crippen LogP contribution in [0, 0.1) is 6.92 Å². The summed E-state index contributed by atoms with van der Waals surface area (Å²) >= 11 is 1.83. The van der Waals surface area contributed by atoms with Gasteiger partial charge in [0.2, 0.25) is 0 Å². The zero-order chi connectivity index (χ0) is 15.6. The van der Waals surface area contributed by atoms with Crippen LogP contribution in [0.25, 0.3) is 0 Å². The molecule has 1 atom stereocenters. The zero-order valence-electron chi connectivity index (χ0n) is 13.9. The first kappa shape index (κ1) is 16.2. The Labute approximate surface area is 131 Å². The summed E-state index contributed by atoms with van der Waals surface area (Å²) in [5.74, 6) is 0. The topological polar surface area (TPSA) is 42.7 Å². The van der Waals surface area contributed by atoms with Gasteiger partial charge in [0.05, 0.1) is 16.9 Å². The molecule has 0 saturated heterocycles. The van der Waals surface area contributed by atoms with Crippen molar-refractivity contribution in [3.63, 3.8) is 0 Å². The van der Waals surface area contributed by atoms with Crippen molar-refractivity contribution in [3.05, 3.63) is 33.5 Å². The fourth-order valence-corrected chi connectivity index (χ4v) is 3.41. The summed E-state index contributed by atoms with van der Waals surface area (Å²) in [6.45, 7) is 11.9. The van der Waals surface area contributed by atoms with Gasteiger partial charge in [0, 0.05) is 29.6 Å². The number of rotatable bonds is 5. The lowest BCUT2D eigenvalue weighted by Gasteiger charge is -2.14. The summed E-state index contributed by atoms with van der Waals surface area (Å²) in [6.07, 6.45) is 5.01. The number of hydrogen-bond acceptors (Lipinski definition) is 4. The molecule has 0 aliphatic rings. The molecule has 0 spiro atoms. The van der Waals surface area contributed by atoms with Gasteiger partial charge >= 0.3 is 0 Å². The Balaban J connectivity index is 1.94. The molecule has 0 fully saturated rings. The second kappa shape index (κ2) is 6.28. The molecule has 1 unspecified atom stereocenters. The van der Waals surface area contributed by atoms with Gasteiger partial charge in [-0.25, -0.2) is 4.98 Å². The highest BCUT2D eigenvalue weighted by molar-refractivity contribution is 7.12. The molecular formula is C16H26N4S. The largest absolute Gasteiger partial charge is 0.309 e. The normalized spacial score (nSPS) is 13.6.